The minimum atomic E-state index is 0.514. The molecule has 1 aliphatic rings. The van der Waals surface area contributed by atoms with Crippen molar-refractivity contribution in [3.8, 4) is 11.5 Å². The zero-order chi connectivity index (χ0) is 13.2. The molecule has 0 spiro atoms. The van der Waals surface area contributed by atoms with E-state index in [4.69, 9.17) is 21.1 Å². The van der Waals surface area contributed by atoms with Gasteiger partial charge in [-0.3, -0.25) is 0 Å². The van der Waals surface area contributed by atoms with Crippen LogP contribution in [0.3, 0.4) is 0 Å². The molecule has 1 aliphatic carbocycles. The van der Waals surface area contributed by atoms with Gasteiger partial charge in [0.15, 0.2) is 11.5 Å². The van der Waals surface area contributed by atoms with E-state index in [9.17, 15) is 0 Å². The molecule has 3 nitrogen and oxygen atoms in total. The predicted octanol–water partition coefficient (Wildman–Crippen LogP) is 3.25. The quantitative estimate of drug-likeness (QED) is 0.860. The number of ether oxygens (including phenoxy) is 2. The molecule has 2 rings (SSSR count). The normalized spacial score (nSPS) is 16.4. The monoisotopic (exact) mass is 269 g/mol. The minimum absolute atomic E-state index is 0.514. The van der Waals surface area contributed by atoms with Gasteiger partial charge in [0.05, 0.1) is 19.2 Å². The number of hydrogen-bond acceptors (Lipinski definition) is 3. The Balaban J connectivity index is 2.01. The van der Waals surface area contributed by atoms with Crippen LogP contribution in [-0.4, -0.2) is 20.8 Å². The molecule has 0 amide bonds. The third-order valence-electron chi connectivity index (χ3n) is 3.48. The van der Waals surface area contributed by atoms with Gasteiger partial charge in [-0.25, -0.2) is 0 Å². The molecule has 4 heteroatoms. The van der Waals surface area contributed by atoms with E-state index in [1.807, 2.05) is 12.1 Å². The van der Waals surface area contributed by atoms with Crippen molar-refractivity contribution < 1.29 is 9.47 Å². The molecule has 1 saturated carbocycles. The van der Waals surface area contributed by atoms with Crippen molar-refractivity contribution in [3.63, 3.8) is 0 Å². The zero-order valence-electron chi connectivity index (χ0n) is 11.2. The number of halogens is 1. The van der Waals surface area contributed by atoms with E-state index in [-0.39, 0.29) is 0 Å². The Bertz CT molecular complexity index is 430. The first-order valence-corrected chi connectivity index (χ1v) is 6.57. The summed E-state index contributed by atoms with van der Waals surface area (Å²) in [7, 11) is 3.21. The van der Waals surface area contributed by atoms with Gasteiger partial charge in [-0.05, 0) is 36.0 Å². The highest BCUT2D eigenvalue weighted by atomic mass is 35.5. The SMILES string of the molecule is COc1cc(CNCC2(C)CC2)cc(Cl)c1OC. The molecular weight excluding hydrogens is 250 g/mol. The van der Waals surface area contributed by atoms with Crippen molar-refractivity contribution >= 4 is 11.6 Å². The van der Waals surface area contributed by atoms with Crippen LogP contribution in [-0.2, 0) is 6.54 Å². The molecule has 1 N–H and O–H groups in total. The zero-order valence-corrected chi connectivity index (χ0v) is 11.9. The molecule has 18 heavy (non-hydrogen) atoms. The number of methoxy groups -OCH3 is 2. The molecular formula is C14H20ClNO2. The molecule has 1 aromatic rings. The lowest BCUT2D eigenvalue weighted by atomic mass is 10.1. The van der Waals surface area contributed by atoms with E-state index in [0.29, 0.717) is 21.9 Å². The van der Waals surface area contributed by atoms with Crippen LogP contribution in [0.15, 0.2) is 12.1 Å². The maximum absolute atomic E-state index is 6.16. The molecule has 0 saturated heterocycles. The second kappa shape index (κ2) is 5.37. The predicted molar refractivity (Wildman–Crippen MR) is 73.6 cm³/mol. The van der Waals surface area contributed by atoms with Crippen molar-refractivity contribution in [2.24, 2.45) is 5.41 Å². The molecule has 0 heterocycles. The Morgan fingerprint density at radius 1 is 1.28 bits per heavy atom. The standard InChI is InChI=1S/C14H20ClNO2/c1-14(4-5-14)9-16-8-10-6-11(15)13(18-3)12(7-10)17-2/h6-7,16H,4-5,8-9H2,1-3H3. The fraction of sp³-hybridized carbons (Fsp3) is 0.571. The summed E-state index contributed by atoms with van der Waals surface area (Å²) in [6.45, 7) is 4.16. The van der Waals surface area contributed by atoms with E-state index < -0.39 is 0 Å². The van der Waals surface area contributed by atoms with Crippen molar-refractivity contribution in [2.45, 2.75) is 26.3 Å². The van der Waals surface area contributed by atoms with Gasteiger partial charge >= 0.3 is 0 Å². The molecule has 0 aliphatic heterocycles. The molecule has 100 valence electrons. The molecule has 0 aromatic heterocycles. The Hall–Kier alpha value is -0.930. The van der Waals surface area contributed by atoms with Gasteiger partial charge in [0.2, 0.25) is 0 Å². The Morgan fingerprint density at radius 2 is 2.00 bits per heavy atom. The van der Waals surface area contributed by atoms with Crippen LogP contribution in [0.4, 0.5) is 0 Å². The summed E-state index contributed by atoms with van der Waals surface area (Å²) in [4.78, 5) is 0. The first-order chi connectivity index (χ1) is 8.58. The van der Waals surface area contributed by atoms with E-state index in [2.05, 4.69) is 12.2 Å². The van der Waals surface area contributed by atoms with E-state index in [0.717, 1.165) is 18.7 Å². The second-order valence-electron chi connectivity index (χ2n) is 5.23. The highest BCUT2D eigenvalue weighted by Crippen LogP contribution is 2.44. The van der Waals surface area contributed by atoms with Crippen LogP contribution < -0.4 is 14.8 Å². The topological polar surface area (TPSA) is 30.5 Å². The minimum Gasteiger partial charge on any atom is -0.493 e. The summed E-state index contributed by atoms with van der Waals surface area (Å²) in [5.74, 6) is 1.27. The first kappa shape index (κ1) is 13.5. The maximum atomic E-state index is 6.16. The summed E-state index contributed by atoms with van der Waals surface area (Å²) < 4.78 is 10.5. The van der Waals surface area contributed by atoms with Crippen LogP contribution in [0.5, 0.6) is 11.5 Å². The fourth-order valence-corrected chi connectivity index (χ4v) is 2.28. The summed E-state index contributed by atoms with van der Waals surface area (Å²) in [6, 6.07) is 3.89. The van der Waals surface area contributed by atoms with Crippen molar-refractivity contribution in [1.82, 2.24) is 5.32 Å². The van der Waals surface area contributed by atoms with Gasteiger partial charge < -0.3 is 14.8 Å². The number of nitrogens with one attached hydrogen (secondary N) is 1. The van der Waals surface area contributed by atoms with Gasteiger partial charge in [0, 0.05) is 13.1 Å². The summed E-state index contributed by atoms with van der Waals surface area (Å²) >= 11 is 6.16. The van der Waals surface area contributed by atoms with Gasteiger partial charge in [-0.1, -0.05) is 18.5 Å². The molecule has 1 aromatic carbocycles. The lowest BCUT2D eigenvalue weighted by molar-refractivity contribution is 0.354. The Morgan fingerprint density at radius 3 is 2.56 bits per heavy atom. The molecule has 0 unspecified atom stereocenters. The van der Waals surface area contributed by atoms with E-state index in [1.165, 1.54) is 12.8 Å². The third kappa shape index (κ3) is 3.09. The van der Waals surface area contributed by atoms with E-state index >= 15 is 0 Å². The van der Waals surface area contributed by atoms with Crippen LogP contribution in [0, 0.1) is 5.41 Å². The Kier molecular flexibility index (Phi) is 4.03. The van der Waals surface area contributed by atoms with Crippen LogP contribution in [0.2, 0.25) is 5.02 Å². The molecule has 0 radical (unpaired) electrons. The maximum Gasteiger partial charge on any atom is 0.179 e. The largest absolute Gasteiger partial charge is 0.493 e. The first-order valence-electron chi connectivity index (χ1n) is 6.19. The highest BCUT2D eigenvalue weighted by molar-refractivity contribution is 6.32. The van der Waals surface area contributed by atoms with Gasteiger partial charge in [-0.2, -0.15) is 0 Å². The Labute approximate surface area is 113 Å². The van der Waals surface area contributed by atoms with Crippen LogP contribution in [0.25, 0.3) is 0 Å². The average Bonchev–Trinajstić information content (AvgIpc) is 3.06. The van der Waals surface area contributed by atoms with Crippen molar-refractivity contribution in [2.75, 3.05) is 20.8 Å². The summed E-state index contributed by atoms with van der Waals surface area (Å²) in [5.41, 5.74) is 1.63. The molecule has 0 atom stereocenters. The number of rotatable bonds is 6. The fourth-order valence-electron chi connectivity index (χ4n) is 1.97. The van der Waals surface area contributed by atoms with Gasteiger partial charge in [-0.15, -0.1) is 0 Å². The smallest absolute Gasteiger partial charge is 0.179 e. The second-order valence-corrected chi connectivity index (χ2v) is 5.63. The lowest BCUT2D eigenvalue weighted by Crippen LogP contribution is -2.21. The van der Waals surface area contributed by atoms with Gasteiger partial charge in [0.25, 0.3) is 0 Å². The third-order valence-corrected chi connectivity index (χ3v) is 3.76. The average molecular weight is 270 g/mol. The van der Waals surface area contributed by atoms with Crippen molar-refractivity contribution in [3.05, 3.63) is 22.7 Å². The van der Waals surface area contributed by atoms with Crippen LogP contribution in [0.1, 0.15) is 25.3 Å². The van der Waals surface area contributed by atoms with Crippen LogP contribution >= 0.6 is 11.6 Å². The molecule has 1 fully saturated rings. The van der Waals surface area contributed by atoms with Crippen molar-refractivity contribution in [1.29, 1.82) is 0 Å². The van der Waals surface area contributed by atoms with E-state index in [1.54, 1.807) is 14.2 Å². The van der Waals surface area contributed by atoms with Gasteiger partial charge in [0.1, 0.15) is 0 Å². The summed E-state index contributed by atoms with van der Waals surface area (Å²) in [6.07, 6.45) is 2.65. The number of hydrogen-bond donors (Lipinski definition) is 1. The highest BCUT2D eigenvalue weighted by Gasteiger charge is 2.36. The summed E-state index contributed by atoms with van der Waals surface area (Å²) in [5, 5.41) is 4.05. The lowest BCUT2D eigenvalue weighted by Gasteiger charge is -2.13. The molecule has 0 bridgehead atoms. The number of benzene rings is 1.